The van der Waals surface area contributed by atoms with Crippen molar-refractivity contribution >= 4 is 61.8 Å². The minimum absolute atomic E-state index is 0.509. The Morgan fingerprint density at radius 2 is 1.17 bits per heavy atom. The van der Waals surface area contributed by atoms with Crippen LogP contribution in [0, 0.1) is 11.8 Å². The summed E-state index contributed by atoms with van der Waals surface area (Å²) in [5.74, 6) is 1.06. The number of hydrogen-bond donors (Lipinski definition) is 0. The number of hydrogen-bond acceptors (Lipinski definition) is 0. The lowest BCUT2D eigenvalue weighted by Gasteiger charge is -2.16. The predicted octanol–water partition coefficient (Wildman–Crippen LogP) is 9.48. The molecular weight excluding hydrogens is 571 g/mol. The molecule has 10 rings (SSSR count). The summed E-state index contributed by atoms with van der Waals surface area (Å²) >= 11 is 0. The smallest absolute Gasteiger partial charge is 0.0562 e. The highest BCUT2D eigenvalue weighted by atomic mass is 15.0. The molecule has 0 spiro atoms. The van der Waals surface area contributed by atoms with E-state index in [9.17, 15) is 0 Å². The van der Waals surface area contributed by atoms with Crippen LogP contribution in [-0.2, 0) is 6.42 Å². The molecular formula is C44H35N3. The normalized spacial score (nSPS) is 17.2. The Labute approximate surface area is 273 Å². The summed E-state index contributed by atoms with van der Waals surface area (Å²) < 4.78 is 7.37. The number of rotatable bonds is 3. The van der Waals surface area contributed by atoms with Crippen LogP contribution in [0.3, 0.4) is 0 Å². The van der Waals surface area contributed by atoms with E-state index < -0.39 is 0 Å². The quantitative estimate of drug-likeness (QED) is 0.191. The van der Waals surface area contributed by atoms with Crippen LogP contribution in [-0.4, -0.2) is 13.7 Å². The van der Waals surface area contributed by atoms with Crippen LogP contribution in [0.1, 0.15) is 31.5 Å². The zero-order valence-corrected chi connectivity index (χ0v) is 26.7. The van der Waals surface area contributed by atoms with Crippen molar-refractivity contribution in [2.24, 2.45) is 11.8 Å². The van der Waals surface area contributed by atoms with E-state index in [-0.39, 0.29) is 0 Å². The molecule has 2 unspecified atom stereocenters. The average molecular weight is 606 g/mol. The summed E-state index contributed by atoms with van der Waals surface area (Å²) in [5.41, 5.74) is 11.3. The second-order valence-electron chi connectivity index (χ2n) is 13.6. The molecule has 3 heterocycles. The molecule has 3 heteroatoms. The zero-order valence-electron chi connectivity index (χ0n) is 26.7. The fourth-order valence-corrected chi connectivity index (χ4v) is 8.34. The highest BCUT2D eigenvalue weighted by Crippen LogP contribution is 2.37. The lowest BCUT2D eigenvalue weighted by molar-refractivity contribution is 0.718. The van der Waals surface area contributed by atoms with Crippen molar-refractivity contribution in [3.8, 4) is 17.1 Å². The Morgan fingerprint density at radius 1 is 0.532 bits per heavy atom. The average Bonchev–Trinajstić information content (AvgIpc) is 3.72. The molecule has 0 aliphatic heterocycles. The molecule has 8 aromatic rings. The van der Waals surface area contributed by atoms with E-state index in [1.165, 1.54) is 82.5 Å². The van der Waals surface area contributed by atoms with Gasteiger partial charge in [0.25, 0.3) is 0 Å². The highest BCUT2D eigenvalue weighted by molar-refractivity contribution is 6.13. The van der Waals surface area contributed by atoms with Gasteiger partial charge in [-0.2, -0.15) is 0 Å². The van der Waals surface area contributed by atoms with Gasteiger partial charge in [0.1, 0.15) is 0 Å². The molecule has 2 aliphatic carbocycles. The third-order valence-electron chi connectivity index (χ3n) is 10.5. The van der Waals surface area contributed by atoms with Crippen LogP contribution < -0.4 is 10.6 Å². The van der Waals surface area contributed by atoms with E-state index in [1.54, 1.807) is 0 Å². The maximum Gasteiger partial charge on any atom is 0.0562 e. The van der Waals surface area contributed by atoms with E-state index in [1.807, 2.05) is 0 Å². The van der Waals surface area contributed by atoms with Gasteiger partial charge in [-0.15, -0.1) is 0 Å². The Kier molecular flexibility index (Phi) is 5.66. The minimum Gasteiger partial charge on any atom is -0.310 e. The molecule has 47 heavy (non-hydrogen) atoms. The topological polar surface area (TPSA) is 14.8 Å². The summed E-state index contributed by atoms with van der Waals surface area (Å²) in [7, 11) is 0. The van der Waals surface area contributed by atoms with Crippen molar-refractivity contribution in [1.29, 1.82) is 0 Å². The van der Waals surface area contributed by atoms with Gasteiger partial charge in [0.15, 0.2) is 0 Å². The lowest BCUT2D eigenvalue weighted by atomic mass is 9.93. The van der Waals surface area contributed by atoms with Crippen molar-refractivity contribution < 1.29 is 0 Å². The number of fused-ring (bicyclic) bond motifs is 9. The van der Waals surface area contributed by atoms with E-state index in [0.29, 0.717) is 11.8 Å². The third-order valence-corrected chi connectivity index (χ3v) is 10.5. The second kappa shape index (κ2) is 9.98. The Morgan fingerprint density at radius 3 is 1.96 bits per heavy atom. The maximum atomic E-state index is 2.49. The van der Waals surface area contributed by atoms with E-state index >= 15 is 0 Å². The largest absolute Gasteiger partial charge is 0.310 e. The molecule has 0 N–H and O–H groups in total. The fourth-order valence-electron chi connectivity index (χ4n) is 8.34. The first kappa shape index (κ1) is 26.7. The number of benzene rings is 5. The van der Waals surface area contributed by atoms with Gasteiger partial charge in [-0.1, -0.05) is 86.7 Å². The Balaban J connectivity index is 1.23. The van der Waals surface area contributed by atoms with Crippen molar-refractivity contribution in [1.82, 2.24) is 13.7 Å². The second-order valence-corrected chi connectivity index (χ2v) is 13.6. The number of aromatic nitrogens is 3. The summed E-state index contributed by atoms with van der Waals surface area (Å²) in [6, 6.07) is 42.6. The predicted molar refractivity (Wildman–Crippen MR) is 198 cm³/mol. The number of para-hydroxylation sites is 3. The van der Waals surface area contributed by atoms with Gasteiger partial charge < -0.3 is 13.7 Å². The molecule has 3 nitrogen and oxygen atoms in total. The van der Waals surface area contributed by atoms with Gasteiger partial charge in [0.05, 0.1) is 22.1 Å². The monoisotopic (exact) mass is 605 g/mol. The van der Waals surface area contributed by atoms with Crippen LogP contribution in [0.5, 0.6) is 0 Å². The standard InChI is InChI=1S/C44H35N3/c1-28-16-22-41-35(24-28)33-12-6-8-14-39(33)45(41)31-18-20-32(21-19-31)47-42-23-17-29(2)25-36(42)38-26-37-34-13-7-9-15-40(34)46(43(37)27-44(38)47)30-10-4-3-5-11-30/h3-16,18-23,25-29H,17,24H2,1-2H3. The fraction of sp³-hybridized carbons (Fsp3) is 0.136. The molecule has 0 fully saturated rings. The summed E-state index contributed by atoms with van der Waals surface area (Å²) in [6.45, 7) is 4.64. The van der Waals surface area contributed by atoms with Crippen molar-refractivity contribution in [3.63, 3.8) is 0 Å². The molecule has 0 saturated heterocycles. The highest BCUT2D eigenvalue weighted by Gasteiger charge is 2.22. The Bertz CT molecular complexity index is 2700. The lowest BCUT2D eigenvalue weighted by Crippen LogP contribution is -2.31. The summed E-state index contributed by atoms with van der Waals surface area (Å²) in [4.78, 5) is 0. The van der Waals surface area contributed by atoms with Crippen molar-refractivity contribution in [2.45, 2.75) is 26.7 Å². The van der Waals surface area contributed by atoms with Crippen LogP contribution in [0.15, 0.2) is 121 Å². The molecule has 2 atom stereocenters. The van der Waals surface area contributed by atoms with Gasteiger partial charge in [0, 0.05) is 54.9 Å². The molecule has 5 aromatic carbocycles. The van der Waals surface area contributed by atoms with Gasteiger partial charge in [-0.25, -0.2) is 0 Å². The van der Waals surface area contributed by atoms with E-state index in [2.05, 4.69) is 167 Å². The first-order valence-electron chi connectivity index (χ1n) is 16.9. The Hall–Kier alpha value is -5.54. The van der Waals surface area contributed by atoms with Crippen LogP contribution in [0.4, 0.5) is 0 Å². The molecule has 0 radical (unpaired) electrons. The van der Waals surface area contributed by atoms with Crippen molar-refractivity contribution in [2.75, 3.05) is 0 Å². The summed E-state index contributed by atoms with van der Waals surface area (Å²) in [5, 5.41) is 7.93. The molecule has 3 aromatic heterocycles. The van der Waals surface area contributed by atoms with Crippen LogP contribution in [0.2, 0.25) is 0 Å². The van der Waals surface area contributed by atoms with Crippen LogP contribution >= 0.6 is 0 Å². The van der Waals surface area contributed by atoms with Crippen molar-refractivity contribution in [3.05, 3.63) is 143 Å². The van der Waals surface area contributed by atoms with Gasteiger partial charge >= 0.3 is 0 Å². The first-order chi connectivity index (χ1) is 23.1. The number of nitrogens with zero attached hydrogens (tertiary/aromatic N) is 3. The molecule has 0 saturated carbocycles. The van der Waals surface area contributed by atoms with Crippen LogP contribution in [0.25, 0.3) is 78.9 Å². The minimum atomic E-state index is 0.509. The van der Waals surface area contributed by atoms with Gasteiger partial charge in [-0.05, 0) is 97.0 Å². The SMILES string of the molecule is CC1C=c2c(n(-c3ccc(-n4c5c(c6ccccc64)CC(C)C=C5)cc3)c3cc4c(cc23)c2ccccc2n4-c2ccccc2)=CC1. The van der Waals surface area contributed by atoms with E-state index in [4.69, 9.17) is 0 Å². The van der Waals surface area contributed by atoms with Gasteiger partial charge in [-0.3, -0.25) is 0 Å². The molecule has 2 aliphatic rings. The number of allylic oxidation sites excluding steroid dienone is 1. The summed E-state index contributed by atoms with van der Waals surface area (Å²) in [6.07, 6.45) is 11.7. The van der Waals surface area contributed by atoms with E-state index in [0.717, 1.165) is 12.8 Å². The third kappa shape index (κ3) is 3.86. The molecule has 0 amide bonds. The van der Waals surface area contributed by atoms with Gasteiger partial charge in [0.2, 0.25) is 0 Å². The molecule has 226 valence electrons. The zero-order chi connectivity index (χ0) is 31.2. The molecule has 0 bridgehead atoms. The first-order valence-corrected chi connectivity index (χ1v) is 16.9. The maximum absolute atomic E-state index is 2.49.